The highest BCUT2D eigenvalue weighted by molar-refractivity contribution is 5.98. The standard InChI is InChI=1S/C22H22N4O3/c1-26-9-8-23-21(26)20(15-10-16(28-2)13-17(11-15)29-3)25-22(27)19-12-14-6-4-5-7-18(14)24-19/h4-13,20,24H,1-3H3,(H,25,27). The third-order valence-electron chi connectivity index (χ3n) is 4.87. The van der Waals surface area contributed by atoms with Crippen LogP contribution in [0.5, 0.6) is 11.5 Å². The summed E-state index contributed by atoms with van der Waals surface area (Å²) >= 11 is 0. The van der Waals surface area contributed by atoms with Gasteiger partial charge in [0.2, 0.25) is 0 Å². The Hall–Kier alpha value is -3.74. The quantitative estimate of drug-likeness (QED) is 0.528. The first kappa shape index (κ1) is 18.6. The highest BCUT2D eigenvalue weighted by atomic mass is 16.5. The van der Waals surface area contributed by atoms with Gasteiger partial charge in [-0.25, -0.2) is 4.98 Å². The zero-order chi connectivity index (χ0) is 20.4. The highest BCUT2D eigenvalue weighted by Gasteiger charge is 2.23. The highest BCUT2D eigenvalue weighted by Crippen LogP contribution is 2.29. The van der Waals surface area contributed by atoms with Gasteiger partial charge in [0.1, 0.15) is 29.1 Å². The van der Waals surface area contributed by atoms with Gasteiger partial charge in [0.15, 0.2) is 0 Å². The molecule has 0 radical (unpaired) electrons. The second-order valence-electron chi connectivity index (χ2n) is 6.72. The molecule has 1 atom stereocenters. The van der Waals surface area contributed by atoms with E-state index in [1.165, 1.54) is 0 Å². The van der Waals surface area contributed by atoms with E-state index in [0.29, 0.717) is 23.0 Å². The Balaban J connectivity index is 1.73. The first-order valence-electron chi connectivity index (χ1n) is 9.18. The number of fused-ring (bicyclic) bond motifs is 1. The van der Waals surface area contributed by atoms with Gasteiger partial charge in [-0.15, -0.1) is 0 Å². The fourth-order valence-corrected chi connectivity index (χ4v) is 3.35. The molecule has 2 aromatic heterocycles. The number of H-pyrrole nitrogens is 1. The summed E-state index contributed by atoms with van der Waals surface area (Å²) in [6.45, 7) is 0. The number of para-hydroxylation sites is 1. The number of ether oxygens (including phenoxy) is 2. The van der Waals surface area contributed by atoms with Crippen molar-refractivity contribution in [3.8, 4) is 11.5 Å². The molecular formula is C22H22N4O3. The topological polar surface area (TPSA) is 81.2 Å². The summed E-state index contributed by atoms with van der Waals surface area (Å²) in [6.07, 6.45) is 3.55. The minimum absolute atomic E-state index is 0.226. The van der Waals surface area contributed by atoms with Gasteiger partial charge in [-0.05, 0) is 29.8 Å². The van der Waals surface area contributed by atoms with Gasteiger partial charge < -0.3 is 24.3 Å². The number of hydrogen-bond donors (Lipinski definition) is 2. The van der Waals surface area contributed by atoms with Crippen molar-refractivity contribution in [3.63, 3.8) is 0 Å². The number of nitrogens with zero attached hydrogens (tertiary/aromatic N) is 2. The van der Waals surface area contributed by atoms with Crippen LogP contribution in [0, 0.1) is 0 Å². The van der Waals surface area contributed by atoms with Crippen molar-refractivity contribution in [2.75, 3.05) is 14.2 Å². The van der Waals surface area contributed by atoms with Crippen molar-refractivity contribution in [1.82, 2.24) is 19.9 Å². The van der Waals surface area contributed by atoms with Crippen LogP contribution < -0.4 is 14.8 Å². The van der Waals surface area contributed by atoms with Crippen molar-refractivity contribution in [2.24, 2.45) is 7.05 Å². The van der Waals surface area contributed by atoms with Crippen LogP contribution in [0.1, 0.15) is 27.9 Å². The smallest absolute Gasteiger partial charge is 0.268 e. The van der Waals surface area contributed by atoms with Crippen LogP contribution in [0.15, 0.2) is 60.9 Å². The molecule has 0 aliphatic rings. The first-order valence-corrected chi connectivity index (χ1v) is 9.18. The maximum absolute atomic E-state index is 13.1. The van der Waals surface area contributed by atoms with Gasteiger partial charge in [0.05, 0.1) is 14.2 Å². The second-order valence-corrected chi connectivity index (χ2v) is 6.72. The van der Waals surface area contributed by atoms with Crippen LogP contribution >= 0.6 is 0 Å². The molecule has 7 heteroatoms. The zero-order valence-corrected chi connectivity index (χ0v) is 16.5. The SMILES string of the molecule is COc1cc(OC)cc(C(NC(=O)c2cc3ccccc3[nH]2)c2nccn2C)c1. The lowest BCUT2D eigenvalue weighted by Gasteiger charge is -2.20. The van der Waals surface area contributed by atoms with Crippen molar-refractivity contribution in [2.45, 2.75) is 6.04 Å². The zero-order valence-electron chi connectivity index (χ0n) is 16.5. The third kappa shape index (κ3) is 3.67. The average Bonchev–Trinajstić information content (AvgIpc) is 3.37. The molecule has 2 N–H and O–H groups in total. The van der Waals surface area contributed by atoms with Crippen LogP contribution in [0.2, 0.25) is 0 Å². The number of aromatic amines is 1. The molecule has 4 rings (SSSR count). The second kappa shape index (κ2) is 7.71. The lowest BCUT2D eigenvalue weighted by molar-refractivity contribution is 0.0937. The van der Waals surface area contributed by atoms with Gasteiger partial charge in [-0.3, -0.25) is 4.79 Å². The molecule has 1 unspecified atom stereocenters. The molecule has 4 aromatic rings. The first-order chi connectivity index (χ1) is 14.1. The number of imidazole rings is 1. The molecule has 0 saturated carbocycles. The number of benzene rings is 2. The van der Waals surface area contributed by atoms with Crippen molar-refractivity contribution in [1.29, 1.82) is 0 Å². The van der Waals surface area contributed by atoms with Gasteiger partial charge in [0.25, 0.3) is 5.91 Å². The number of aryl methyl sites for hydroxylation is 1. The van der Waals surface area contributed by atoms with Gasteiger partial charge >= 0.3 is 0 Å². The monoisotopic (exact) mass is 390 g/mol. The predicted molar refractivity (Wildman–Crippen MR) is 110 cm³/mol. The molecule has 0 fully saturated rings. The van der Waals surface area contributed by atoms with Gasteiger partial charge in [-0.1, -0.05) is 18.2 Å². The Bertz CT molecular complexity index is 1110. The molecule has 0 spiro atoms. The maximum Gasteiger partial charge on any atom is 0.268 e. The fraction of sp³-hybridized carbons (Fsp3) is 0.182. The van der Waals surface area contributed by atoms with E-state index in [1.807, 2.05) is 60.3 Å². The lowest BCUT2D eigenvalue weighted by Crippen LogP contribution is -2.31. The number of rotatable bonds is 6. The predicted octanol–water partition coefficient (Wildman–Crippen LogP) is 3.44. The van der Waals surface area contributed by atoms with Crippen LogP contribution in [0.3, 0.4) is 0 Å². The molecule has 1 amide bonds. The minimum Gasteiger partial charge on any atom is -0.497 e. The molecule has 2 aromatic carbocycles. The molecule has 148 valence electrons. The third-order valence-corrected chi connectivity index (χ3v) is 4.87. The largest absolute Gasteiger partial charge is 0.497 e. The van der Waals surface area contributed by atoms with Crippen LogP contribution in [-0.4, -0.2) is 34.7 Å². The number of amides is 1. The number of methoxy groups -OCH3 is 2. The van der Waals surface area contributed by atoms with E-state index < -0.39 is 6.04 Å². The van der Waals surface area contributed by atoms with Crippen LogP contribution in [-0.2, 0) is 7.05 Å². The molecule has 7 nitrogen and oxygen atoms in total. The number of aromatic nitrogens is 3. The summed E-state index contributed by atoms with van der Waals surface area (Å²) in [7, 11) is 5.08. The lowest BCUT2D eigenvalue weighted by atomic mass is 10.0. The summed E-state index contributed by atoms with van der Waals surface area (Å²) in [4.78, 5) is 20.7. The van der Waals surface area contributed by atoms with E-state index >= 15 is 0 Å². The number of hydrogen-bond acceptors (Lipinski definition) is 4. The van der Waals surface area contributed by atoms with E-state index in [9.17, 15) is 4.79 Å². The summed E-state index contributed by atoms with van der Waals surface area (Å²) in [6, 6.07) is 14.7. The minimum atomic E-state index is -0.488. The number of nitrogens with one attached hydrogen (secondary N) is 2. The Morgan fingerprint density at radius 1 is 1.10 bits per heavy atom. The van der Waals surface area contributed by atoms with E-state index in [4.69, 9.17) is 9.47 Å². The molecular weight excluding hydrogens is 368 g/mol. The molecule has 0 aliphatic heterocycles. The van der Waals surface area contributed by atoms with E-state index in [0.717, 1.165) is 16.5 Å². The fourth-order valence-electron chi connectivity index (χ4n) is 3.35. The summed E-state index contributed by atoms with van der Waals surface area (Å²) in [5.74, 6) is 1.75. The summed E-state index contributed by atoms with van der Waals surface area (Å²) in [5, 5.41) is 4.07. The summed E-state index contributed by atoms with van der Waals surface area (Å²) < 4.78 is 12.7. The van der Waals surface area contributed by atoms with Crippen molar-refractivity contribution < 1.29 is 14.3 Å². The Labute approximate surface area is 168 Å². The van der Waals surface area contributed by atoms with E-state index in [2.05, 4.69) is 15.3 Å². The summed E-state index contributed by atoms with van der Waals surface area (Å²) in [5.41, 5.74) is 2.20. The van der Waals surface area contributed by atoms with Gasteiger partial charge in [0, 0.05) is 36.4 Å². The van der Waals surface area contributed by atoms with Crippen molar-refractivity contribution in [3.05, 3.63) is 78.0 Å². The van der Waals surface area contributed by atoms with Crippen LogP contribution in [0.4, 0.5) is 0 Å². The van der Waals surface area contributed by atoms with Gasteiger partial charge in [-0.2, -0.15) is 0 Å². The van der Waals surface area contributed by atoms with E-state index in [1.54, 1.807) is 26.5 Å². The number of carbonyl (C=O) groups is 1. The normalized spacial score (nSPS) is 12.0. The molecule has 0 saturated heterocycles. The molecule has 0 aliphatic carbocycles. The Morgan fingerprint density at radius 3 is 2.45 bits per heavy atom. The van der Waals surface area contributed by atoms with Crippen molar-refractivity contribution >= 4 is 16.8 Å². The molecule has 0 bridgehead atoms. The molecule has 2 heterocycles. The average molecular weight is 390 g/mol. The maximum atomic E-state index is 13.1. The Kier molecular flexibility index (Phi) is 4.95. The van der Waals surface area contributed by atoms with Crippen LogP contribution in [0.25, 0.3) is 10.9 Å². The number of carbonyl (C=O) groups excluding carboxylic acids is 1. The Morgan fingerprint density at radius 2 is 1.83 bits per heavy atom. The molecule has 29 heavy (non-hydrogen) atoms. The van der Waals surface area contributed by atoms with E-state index in [-0.39, 0.29) is 5.91 Å².